The summed E-state index contributed by atoms with van der Waals surface area (Å²) in [7, 11) is 0. The van der Waals surface area contributed by atoms with Crippen molar-refractivity contribution in [1.82, 2.24) is 0 Å². The Morgan fingerprint density at radius 1 is 1.19 bits per heavy atom. The second kappa shape index (κ2) is 6.72. The molecule has 0 amide bonds. The van der Waals surface area contributed by atoms with Crippen molar-refractivity contribution in [3.8, 4) is 11.5 Å². The molecule has 8 heteroatoms. The predicted molar refractivity (Wildman–Crippen MR) is 84.5 cm³/mol. The molecular formula is C13H7Br2ClFNO3. The Morgan fingerprint density at radius 2 is 1.90 bits per heavy atom. The molecular weight excluding hydrogens is 432 g/mol. The first-order chi connectivity index (χ1) is 9.92. The quantitative estimate of drug-likeness (QED) is 0.344. The lowest BCUT2D eigenvalue weighted by Gasteiger charge is -2.09. The molecule has 0 fully saturated rings. The van der Waals surface area contributed by atoms with Crippen LogP contribution >= 0.6 is 43.5 Å². The highest BCUT2D eigenvalue weighted by molar-refractivity contribution is 9.10. The van der Waals surface area contributed by atoms with Crippen LogP contribution in [0, 0.1) is 15.9 Å². The van der Waals surface area contributed by atoms with Crippen molar-refractivity contribution in [3.05, 3.63) is 60.8 Å². The van der Waals surface area contributed by atoms with Gasteiger partial charge in [0.2, 0.25) is 5.75 Å². The van der Waals surface area contributed by atoms with Crippen LogP contribution in [0.1, 0.15) is 5.56 Å². The van der Waals surface area contributed by atoms with Crippen LogP contribution in [0.2, 0.25) is 0 Å². The molecule has 0 aromatic heterocycles. The van der Waals surface area contributed by atoms with Crippen molar-refractivity contribution >= 4 is 49.1 Å². The predicted octanol–water partition coefficient (Wildman–Crippen LogP) is 5.79. The number of nitro benzene ring substituents is 1. The maximum absolute atomic E-state index is 13.6. The van der Waals surface area contributed by atoms with E-state index < -0.39 is 10.7 Å². The molecule has 0 atom stereocenters. The molecule has 0 radical (unpaired) electrons. The molecule has 0 spiro atoms. The summed E-state index contributed by atoms with van der Waals surface area (Å²) in [5.41, 5.74) is 0.518. The number of ether oxygens (including phenoxy) is 1. The van der Waals surface area contributed by atoms with Gasteiger partial charge in [-0.2, -0.15) is 0 Å². The van der Waals surface area contributed by atoms with E-state index in [2.05, 4.69) is 31.9 Å². The van der Waals surface area contributed by atoms with Crippen LogP contribution in [0.5, 0.6) is 11.5 Å². The first kappa shape index (κ1) is 16.2. The molecule has 4 nitrogen and oxygen atoms in total. The van der Waals surface area contributed by atoms with Gasteiger partial charge in [0.1, 0.15) is 11.6 Å². The first-order valence-corrected chi connectivity index (χ1v) is 7.70. The van der Waals surface area contributed by atoms with Gasteiger partial charge in [-0.3, -0.25) is 10.1 Å². The van der Waals surface area contributed by atoms with Gasteiger partial charge in [0.25, 0.3) is 0 Å². The van der Waals surface area contributed by atoms with E-state index in [1.807, 2.05) is 0 Å². The second-order valence-electron chi connectivity index (χ2n) is 3.99. The van der Waals surface area contributed by atoms with Crippen LogP contribution in [-0.4, -0.2) is 4.92 Å². The highest BCUT2D eigenvalue weighted by Crippen LogP contribution is 2.38. The minimum atomic E-state index is -0.649. The van der Waals surface area contributed by atoms with Crippen LogP contribution in [0.3, 0.4) is 0 Å². The average Bonchev–Trinajstić information content (AvgIpc) is 2.44. The maximum Gasteiger partial charge on any atom is 0.312 e. The van der Waals surface area contributed by atoms with Crippen molar-refractivity contribution < 1.29 is 14.1 Å². The van der Waals surface area contributed by atoms with Gasteiger partial charge in [-0.25, -0.2) is 4.39 Å². The normalized spacial score (nSPS) is 10.5. The molecule has 2 rings (SSSR count). The Kier molecular flexibility index (Phi) is 5.18. The number of hydrogen-bond acceptors (Lipinski definition) is 3. The summed E-state index contributed by atoms with van der Waals surface area (Å²) < 4.78 is 19.6. The van der Waals surface area contributed by atoms with E-state index in [1.165, 1.54) is 0 Å². The van der Waals surface area contributed by atoms with E-state index in [-0.39, 0.29) is 15.9 Å². The van der Waals surface area contributed by atoms with Crippen molar-refractivity contribution in [2.45, 2.75) is 5.88 Å². The molecule has 0 saturated heterocycles. The highest BCUT2D eigenvalue weighted by Gasteiger charge is 2.20. The number of nitro groups is 1. The van der Waals surface area contributed by atoms with Crippen molar-refractivity contribution in [2.75, 3.05) is 0 Å². The molecule has 2 aromatic rings. The number of halogens is 4. The van der Waals surface area contributed by atoms with E-state index in [4.69, 9.17) is 16.3 Å². The van der Waals surface area contributed by atoms with E-state index >= 15 is 0 Å². The van der Waals surface area contributed by atoms with Crippen LogP contribution in [0.15, 0.2) is 39.3 Å². The number of benzene rings is 2. The topological polar surface area (TPSA) is 52.4 Å². The third-order valence-electron chi connectivity index (χ3n) is 2.57. The summed E-state index contributed by atoms with van der Waals surface area (Å²) in [6, 6.07) is 7.07. The van der Waals surface area contributed by atoms with E-state index in [0.717, 1.165) is 17.7 Å². The Morgan fingerprint density at radius 3 is 2.48 bits per heavy atom. The van der Waals surface area contributed by atoms with Crippen molar-refractivity contribution in [2.24, 2.45) is 0 Å². The van der Waals surface area contributed by atoms with E-state index in [0.29, 0.717) is 16.1 Å². The fraction of sp³-hybridized carbons (Fsp3) is 0.0769. The highest BCUT2D eigenvalue weighted by atomic mass is 79.9. The Balaban J connectivity index is 2.43. The summed E-state index contributed by atoms with van der Waals surface area (Å²) in [4.78, 5) is 10.4. The molecule has 2 aromatic carbocycles. The van der Waals surface area contributed by atoms with Crippen LogP contribution < -0.4 is 4.74 Å². The molecule has 0 N–H and O–H groups in total. The zero-order valence-electron chi connectivity index (χ0n) is 10.3. The molecule has 0 saturated carbocycles. The Bertz CT molecular complexity index is 712. The van der Waals surface area contributed by atoms with Gasteiger partial charge in [-0.05, 0) is 49.6 Å². The number of rotatable bonds is 4. The second-order valence-corrected chi connectivity index (χ2v) is 5.97. The van der Waals surface area contributed by atoms with Gasteiger partial charge in [0.15, 0.2) is 0 Å². The van der Waals surface area contributed by atoms with Gasteiger partial charge >= 0.3 is 5.69 Å². The van der Waals surface area contributed by atoms with E-state index in [1.54, 1.807) is 18.2 Å². The SMILES string of the molecule is O=[N+]([O-])c1cc(Br)c(F)cc1Oc1ccc(CCl)cc1Br. The van der Waals surface area contributed by atoms with Gasteiger partial charge in [0.05, 0.1) is 13.9 Å². The lowest BCUT2D eigenvalue weighted by Crippen LogP contribution is -1.96. The lowest BCUT2D eigenvalue weighted by molar-refractivity contribution is -0.385. The molecule has 21 heavy (non-hydrogen) atoms. The van der Waals surface area contributed by atoms with Gasteiger partial charge in [0, 0.05) is 18.0 Å². The zero-order valence-corrected chi connectivity index (χ0v) is 14.2. The number of nitrogens with zero attached hydrogens (tertiary/aromatic N) is 1. The molecule has 0 unspecified atom stereocenters. The Hall–Kier alpha value is -1.18. The third kappa shape index (κ3) is 3.72. The minimum Gasteiger partial charge on any atom is -0.449 e. The largest absolute Gasteiger partial charge is 0.449 e. The summed E-state index contributed by atoms with van der Waals surface area (Å²) in [6.45, 7) is 0. The molecule has 0 heterocycles. The average molecular weight is 439 g/mol. The van der Waals surface area contributed by atoms with Crippen molar-refractivity contribution in [3.63, 3.8) is 0 Å². The van der Waals surface area contributed by atoms with Crippen LogP contribution in [0.25, 0.3) is 0 Å². The smallest absolute Gasteiger partial charge is 0.312 e. The number of hydrogen-bond donors (Lipinski definition) is 0. The third-order valence-corrected chi connectivity index (χ3v) is 4.11. The molecule has 110 valence electrons. The monoisotopic (exact) mass is 437 g/mol. The molecule has 0 aliphatic carbocycles. The maximum atomic E-state index is 13.6. The van der Waals surface area contributed by atoms with Gasteiger partial charge < -0.3 is 4.74 Å². The first-order valence-electron chi connectivity index (χ1n) is 5.58. The fourth-order valence-corrected chi connectivity index (χ4v) is 2.58. The fourth-order valence-electron chi connectivity index (χ4n) is 1.57. The van der Waals surface area contributed by atoms with Crippen LogP contribution in [0.4, 0.5) is 10.1 Å². The van der Waals surface area contributed by atoms with Crippen LogP contribution in [-0.2, 0) is 5.88 Å². The molecule has 0 aliphatic heterocycles. The van der Waals surface area contributed by atoms with Gasteiger partial charge in [-0.15, -0.1) is 11.6 Å². The summed E-state index contributed by atoms with van der Waals surface area (Å²) >= 11 is 11.9. The number of alkyl halides is 1. The lowest BCUT2D eigenvalue weighted by atomic mass is 10.2. The van der Waals surface area contributed by atoms with Crippen molar-refractivity contribution in [1.29, 1.82) is 0 Å². The summed E-state index contributed by atoms with van der Waals surface area (Å²) in [6.07, 6.45) is 0. The molecule has 0 aliphatic rings. The molecule has 0 bridgehead atoms. The minimum absolute atomic E-state index is 0.00176. The summed E-state index contributed by atoms with van der Waals surface area (Å²) in [5, 5.41) is 11.0. The standard InChI is InChI=1S/C13H7Br2ClFNO3/c14-8-4-11(18(19)20)13(5-10(8)17)21-12-2-1-7(6-16)3-9(12)15/h1-5H,6H2. The summed E-state index contributed by atoms with van der Waals surface area (Å²) in [5.74, 6) is -0.177. The Labute approximate surface area is 141 Å². The van der Waals surface area contributed by atoms with E-state index in [9.17, 15) is 14.5 Å². The van der Waals surface area contributed by atoms with Gasteiger partial charge in [-0.1, -0.05) is 6.07 Å². The zero-order chi connectivity index (χ0) is 15.6.